The van der Waals surface area contributed by atoms with Gasteiger partial charge in [-0.15, -0.1) is 0 Å². The first kappa shape index (κ1) is 19.2. The van der Waals surface area contributed by atoms with Crippen LogP contribution in [0.2, 0.25) is 0 Å². The lowest BCUT2D eigenvalue weighted by Crippen LogP contribution is -2.11. The van der Waals surface area contributed by atoms with Crippen molar-refractivity contribution in [2.45, 2.75) is 19.8 Å². The maximum atomic E-state index is 12.4. The van der Waals surface area contributed by atoms with Crippen molar-refractivity contribution in [2.24, 2.45) is 5.73 Å². The Kier molecular flexibility index (Phi) is 5.75. The Labute approximate surface area is 164 Å². The molecule has 0 fully saturated rings. The van der Waals surface area contributed by atoms with E-state index in [-0.39, 0.29) is 5.91 Å². The number of primary amides is 1. The highest BCUT2D eigenvalue weighted by molar-refractivity contribution is 6.04. The lowest BCUT2D eigenvalue weighted by molar-refractivity contribution is 0.0997. The van der Waals surface area contributed by atoms with Crippen LogP contribution in [-0.2, 0) is 0 Å². The molecule has 142 valence electrons. The Morgan fingerprint density at radius 1 is 0.786 bits per heavy atom. The topological polar surface area (TPSA) is 81.4 Å². The number of anilines is 1. The first-order valence-corrected chi connectivity index (χ1v) is 9.01. The maximum absolute atomic E-state index is 12.4. The Hall–Kier alpha value is -3.60. The lowest BCUT2D eigenvalue weighted by Gasteiger charge is -2.09. The minimum atomic E-state index is -0.485. The summed E-state index contributed by atoms with van der Waals surface area (Å²) < 4.78 is 5.72. The van der Waals surface area contributed by atoms with Crippen molar-refractivity contribution < 1.29 is 14.3 Å². The van der Waals surface area contributed by atoms with Gasteiger partial charge in [-0.25, -0.2) is 0 Å². The van der Waals surface area contributed by atoms with Gasteiger partial charge in [0, 0.05) is 16.8 Å². The van der Waals surface area contributed by atoms with E-state index in [2.05, 4.69) is 19.2 Å². The van der Waals surface area contributed by atoms with Gasteiger partial charge in [-0.3, -0.25) is 9.59 Å². The van der Waals surface area contributed by atoms with Gasteiger partial charge in [0.15, 0.2) is 0 Å². The number of amides is 2. The van der Waals surface area contributed by atoms with E-state index in [1.165, 1.54) is 5.56 Å². The second-order valence-corrected chi connectivity index (χ2v) is 6.75. The van der Waals surface area contributed by atoms with E-state index < -0.39 is 5.91 Å². The molecule has 28 heavy (non-hydrogen) atoms. The third kappa shape index (κ3) is 4.76. The van der Waals surface area contributed by atoms with Crippen molar-refractivity contribution in [3.8, 4) is 11.5 Å². The molecule has 0 radical (unpaired) electrons. The van der Waals surface area contributed by atoms with Gasteiger partial charge in [0.2, 0.25) is 5.91 Å². The van der Waals surface area contributed by atoms with Crippen molar-refractivity contribution >= 4 is 17.5 Å². The highest BCUT2D eigenvalue weighted by atomic mass is 16.5. The van der Waals surface area contributed by atoms with Crippen LogP contribution in [0.5, 0.6) is 11.5 Å². The zero-order chi connectivity index (χ0) is 20.1. The highest BCUT2D eigenvalue weighted by Crippen LogP contribution is 2.23. The Bertz CT molecular complexity index is 960. The first-order chi connectivity index (χ1) is 13.4. The van der Waals surface area contributed by atoms with Crippen LogP contribution in [0.4, 0.5) is 5.69 Å². The van der Waals surface area contributed by atoms with Crippen molar-refractivity contribution in [1.82, 2.24) is 0 Å². The van der Waals surface area contributed by atoms with Crippen LogP contribution in [0.15, 0.2) is 72.8 Å². The molecule has 0 aromatic heterocycles. The molecule has 2 amide bonds. The SMILES string of the molecule is CC(C)c1ccc(NC(=O)c2ccc(Oc3ccc(C(N)=O)cc3)cc2)cc1. The lowest BCUT2D eigenvalue weighted by atomic mass is 10.0. The fourth-order valence-corrected chi connectivity index (χ4v) is 2.65. The monoisotopic (exact) mass is 374 g/mol. The molecule has 0 aliphatic rings. The molecule has 3 aromatic rings. The van der Waals surface area contributed by atoms with E-state index in [0.717, 1.165) is 5.69 Å². The van der Waals surface area contributed by atoms with E-state index in [1.54, 1.807) is 48.5 Å². The minimum absolute atomic E-state index is 0.186. The molecule has 5 heteroatoms. The Morgan fingerprint density at radius 2 is 1.29 bits per heavy atom. The van der Waals surface area contributed by atoms with Gasteiger partial charge < -0.3 is 15.8 Å². The van der Waals surface area contributed by atoms with Crippen molar-refractivity contribution in [3.05, 3.63) is 89.5 Å². The number of hydrogen-bond donors (Lipinski definition) is 2. The Balaban J connectivity index is 1.63. The molecule has 0 aliphatic carbocycles. The quantitative estimate of drug-likeness (QED) is 0.640. The molecule has 3 rings (SSSR count). The predicted molar refractivity (Wildman–Crippen MR) is 110 cm³/mol. The molecule has 0 saturated carbocycles. The average molecular weight is 374 g/mol. The van der Waals surface area contributed by atoms with Gasteiger partial charge in [-0.1, -0.05) is 26.0 Å². The smallest absolute Gasteiger partial charge is 0.255 e. The predicted octanol–water partition coefficient (Wildman–Crippen LogP) is 4.95. The number of carbonyl (C=O) groups is 2. The summed E-state index contributed by atoms with van der Waals surface area (Å²) in [6, 6.07) is 21.2. The summed E-state index contributed by atoms with van der Waals surface area (Å²) in [5, 5.41) is 2.89. The number of benzene rings is 3. The second-order valence-electron chi connectivity index (χ2n) is 6.75. The molecule has 0 unspecified atom stereocenters. The molecular formula is C23H22N2O3. The van der Waals surface area contributed by atoms with Gasteiger partial charge in [-0.05, 0) is 72.1 Å². The summed E-state index contributed by atoms with van der Waals surface area (Å²) in [5.41, 5.74) is 8.15. The molecule has 3 aromatic carbocycles. The van der Waals surface area contributed by atoms with Crippen molar-refractivity contribution in [3.63, 3.8) is 0 Å². The van der Waals surface area contributed by atoms with Gasteiger partial charge in [-0.2, -0.15) is 0 Å². The average Bonchev–Trinajstić information content (AvgIpc) is 2.69. The summed E-state index contributed by atoms with van der Waals surface area (Å²) in [5.74, 6) is 0.941. The largest absolute Gasteiger partial charge is 0.457 e. The van der Waals surface area contributed by atoms with Crippen LogP contribution >= 0.6 is 0 Å². The van der Waals surface area contributed by atoms with E-state index in [4.69, 9.17) is 10.5 Å². The minimum Gasteiger partial charge on any atom is -0.457 e. The third-order valence-electron chi connectivity index (χ3n) is 4.33. The molecule has 0 aliphatic heterocycles. The number of rotatable bonds is 6. The molecule has 5 nitrogen and oxygen atoms in total. The van der Waals surface area contributed by atoms with Crippen LogP contribution in [0, 0.1) is 0 Å². The van der Waals surface area contributed by atoms with Crippen molar-refractivity contribution in [1.29, 1.82) is 0 Å². The highest BCUT2D eigenvalue weighted by Gasteiger charge is 2.08. The molecule has 0 spiro atoms. The summed E-state index contributed by atoms with van der Waals surface area (Å²) in [7, 11) is 0. The van der Waals surface area contributed by atoms with Crippen LogP contribution in [0.1, 0.15) is 46.0 Å². The fraction of sp³-hybridized carbons (Fsp3) is 0.130. The van der Waals surface area contributed by atoms with Crippen LogP contribution < -0.4 is 15.8 Å². The van der Waals surface area contributed by atoms with E-state index in [0.29, 0.717) is 28.5 Å². The zero-order valence-electron chi connectivity index (χ0n) is 15.8. The molecule has 0 bridgehead atoms. The van der Waals surface area contributed by atoms with Crippen molar-refractivity contribution in [2.75, 3.05) is 5.32 Å². The van der Waals surface area contributed by atoms with Crippen LogP contribution in [-0.4, -0.2) is 11.8 Å². The summed E-state index contributed by atoms with van der Waals surface area (Å²) in [4.78, 5) is 23.5. The van der Waals surface area contributed by atoms with E-state index in [1.807, 2.05) is 24.3 Å². The standard InChI is InChI=1S/C23H22N2O3/c1-15(2)16-3-9-19(10-4-16)25-23(27)18-7-13-21(14-8-18)28-20-11-5-17(6-12-20)22(24)26/h3-15H,1-2H3,(H2,24,26)(H,25,27). The van der Waals surface area contributed by atoms with Gasteiger partial charge in [0.25, 0.3) is 5.91 Å². The second kappa shape index (κ2) is 8.39. The molecule has 0 atom stereocenters. The fourth-order valence-electron chi connectivity index (χ4n) is 2.65. The number of hydrogen-bond acceptors (Lipinski definition) is 3. The third-order valence-corrected chi connectivity index (χ3v) is 4.33. The normalized spacial score (nSPS) is 10.5. The summed E-state index contributed by atoms with van der Waals surface area (Å²) >= 11 is 0. The number of nitrogens with one attached hydrogen (secondary N) is 1. The molecule has 0 saturated heterocycles. The van der Waals surface area contributed by atoms with Crippen LogP contribution in [0.25, 0.3) is 0 Å². The Morgan fingerprint density at radius 3 is 1.75 bits per heavy atom. The number of carbonyl (C=O) groups excluding carboxylic acids is 2. The summed E-state index contributed by atoms with van der Waals surface area (Å²) in [6.45, 7) is 4.26. The molecular weight excluding hydrogens is 352 g/mol. The van der Waals surface area contributed by atoms with Gasteiger partial charge in [0.1, 0.15) is 11.5 Å². The first-order valence-electron chi connectivity index (χ1n) is 9.01. The van der Waals surface area contributed by atoms with E-state index in [9.17, 15) is 9.59 Å². The molecule has 0 heterocycles. The maximum Gasteiger partial charge on any atom is 0.255 e. The van der Waals surface area contributed by atoms with Gasteiger partial charge in [0.05, 0.1) is 0 Å². The van der Waals surface area contributed by atoms with Gasteiger partial charge >= 0.3 is 0 Å². The number of ether oxygens (including phenoxy) is 1. The summed E-state index contributed by atoms with van der Waals surface area (Å²) in [6.07, 6.45) is 0. The van der Waals surface area contributed by atoms with Crippen LogP contribution in [0.3, 0.4) is 0 Å². The zero-order valence-corrected chi connectivity index (χ0v) is 15.8. The molecule has 3 N–H and O–H groups in total. The number of nitrogens with two attached hydrogens (primary N) is 1. The van der Waals surface area contributed by atoms with E-state index >= 15 is 0 Å².